The number of hydrogen-bond acceptors (Lipinski definition) is 6. The predicted molar refractivity (Wildman–Crippen MR) is 114 cm³/mol. The van der Waals surface area contributed by atoms with Gasteiger partial charge >= 0.3 is 6.18 Å². The van der Waals surface area contributed by atoms with E-state index in [9.17, 15) is 13.2 Å². The number of aryl methyl sites for hydroxylation is 1. The number of aliphatic hydroxyl groups is 1. The molecule has 176 valence electrons. The molecule has 3 aromatic heterocycles. The number of nitrogens with one attached hydrogen (secondary N) is 1. The van der Waals surface area contributed by atoms with E-state index in [1.165, 1.54) is 6.07 Å². The molecule has 1 aliphatic rings. The van der Waals surface area contributed by atoms with Crippen LogP contribution in [-0.2, 0) is 18.5 Å². The van der Waals surface area contributed by atoms with Gasteiger partial charge in [-0.05, 0) is 55.7 Å². The summed E-state index contributed by atoms with van der Waals surface area (Å²) in [6.07, 6.45) is -1.56. The van der Waals surface area contributed by atoms with Gasteiger partial charge in [-0.1, -0.05) is 0 Å². The van der Waals surface area contributed by atoms with Crippen LogP contribution in [0.15, 0.2) is 47.1 Å². The third kappa shape index (κ3) is 5.17. The topological polar surface area (TPSA) is 74.4 Å². The van der Waals surface area contributed by atoms with Gasteiger partial charge in [0, 0.05) is 31.0 Å². The predicted octanol–water partition coefficient (Wildman–Crippen LogP) is 4.89. The van der Waals surface area contributed by atoms with Crippen molar-refractivity contribution in [3.63, 3.8) is 0 Å². The van der Waals surface area contributed by atoms with Crippen LogP contribution in [0.2, 0.25) is 0 Å². The first kappa shape index (κ1) is 23.2. The van der Waals surface area contributed by atoms with Crippen LogP contribution in [-0.4, -0.2) is 39.7 Å². The smallest absolute Gasteiger partial charge is 0.417 e. The summed E-state index contributed by atoms with van der Waals surface area (Å²) in [4.78, 5) is 10.2. The van der Waals surface area contributed by atoms with E-state index in [0.717, 1.165) is 17.8 Å². The number of aromatic nitrogens is 2. The number of likely N-dealkylation sites (tertiary alicyclic amines) is 1. The molecule has 0 bridgehead atoms. The van der Waals surface area contributed by atoms with Crippen molar-refractivity contribution in [1.29, 1.82) is 0 Å². The van der Waals surface area contributed by atoms with E-state index < -0.39 is 17.4 Å². The quantitative estimate of drug-likeness (QED) is 0.507. The van der Waals surface area contributed by atoms with E-state index in [2.05, 4.69) is 15.3 Å². The van der Waals surface area contributed by atoms with Crippen molar-refractivity contribution in [2.24, 2.45) is 0 Å². The van der Waals surface area contributed by atoms with Gasteiger partial charge in [-0.3, -0.25) is 9.88 Å². The lowest BCUT2D eigenvalue weighted by Crippen LogP contribution is -2.43. The van der Waals surface area contributed by atoms with Crippen LogP contribution >= 0.6 is 0 Å². The molecule has 0 aromatic carbocycles. The van der Waals surface area contributed by atoms with Gasteiger partial charge in [-0.2, -0.15) is 13.2 Å². The fourth-order valence-corrected chi connectivity index (χ4v) is 3.96. The lowest BCUT2D eigenvalue weighted by molar-refractivity contribution is -0.137. The minimum atomic E-state index is -4.42. The Balaban J connectivity index is 1.35. The molecule has 1 aliphatic heterocycles. The molecule has 0 atom stereocenters. The van der Waals surface area contributed by atoms with Crippen molar-refractivity contribution >= 4 is 5.82 Å². The van der Waals surface area contributed by atoms with Crippen LogP contribution in [0.1, 0.15) is 35.4 Å². The zero-order chi connectivity index (χ0) is 23.6. The number of pyridine rings is 2. The molecule has 0 unspecified atom stereocenters. The Morgan fingerprint density at radius 3 is 2.45 bits per heavy atom. The number of anilines is 1. The SMILES string of the molecule is Cc1cc(-c2ccc(CO)o2)cnc1C1(F)CCN(CNc2ccc(C(F)(F)F)cn2)CC1. The Morgan fingerprint density at radius 2 is 1.88 bits per heavy atom. The molecule has 3 aromatic rings. The summed E-state index contributed by atoms with van der Waals surface area (Å²) < 4.78 is 59.2. The summed E-state index contributed by atoms with van der Waals surface area (Å²) in [5, 5.41) is 12.1. The third-order valence-corrected chi connectivity index (χ3v) is 5.83. The van der Waals surface area contributed by atoms with Crippen molar-refractivity contribution in [2.75, 3.05) is 25.1 Å². The number of halogens is 4. The molecule has 0 amide bonds. The van der Waals surface area contributed by atoms with E-state index in [4.69, 9.17) is 9.52 Å². The second-order valence-corrected chi connectivity index (χ2v) is 8.16. The van der Waals surface area contributed by atoms with Crippen molar-refractivity contribution < 1.29 is 27.1 Å². The number of furan rings is 1. The summed E-state index contributed by atoms with van der Waals surface area (Å²) >= 11 is 0. The van der Waals surface area contributed by atoms with Crippen molar-refractivity contribution in [2.45, 2.75) is 38.2 Å². The van der Waals surface area contributed by atoms with Crippen LogP contribution in [0.3, 0.4) is 0 Å². The molecule has 0 radical (unpaired) electrons. The molecule has 2 N–H and O–H groups in total. The van der Waals surface area contributed by atoms with Crippen molar-refractivity contribution in [1.82, 2.24) is 14.9 Å². The Hall–Kier alpha value is -2.98. The highest BCUT2D eigenvalue weighted by molar-refractivity contribution is 5.58. The molecule has 1 fully saturated rings. The number of hydrogen-bond donors (Lipinski definition) is 2. The molecule has 1 saturated heterocycles. The number of alkyl halides is 4. The molecule has 0 spiro atoms. The molecule has 10 heteroatoms. The number of aliphatic hydroxyl groups excluding tert-OH is 1. The number of rotatable bonds is 6. The molecular formula is C23H24F4N4O2. The molecular weight excluding hydrogens is 440 g/mol. The minimum absolute atomic E-state index is 0.196. The summed E-state index contributed by atoms with van der Waals surface area (Å²) in [6, 6.07) is 7.50. The minimum Gasteiger partial charge on any atom is -0.459 e. The zero-order valence-electron chi connectivity index (χ0n) is 18.0. The maximum absolute atomic E-state index is 15.8. The second kappa shape index (κ2) is 9.11. The molecule has 33 heavy (non-hydrogen) atoms. The number of nitrogens with zero attached hydrogens (tertiary/aromatic N) is 3. The van der Waals surface area contributed by atoms with Crippen LogP contribution in [0.4, 0.5) is 23.4 Å². The Kier molecular flexibility index (Phi) is 6.40. The Bertz CT molecular complexity index is 1090. The van der Waals surface area contributed by atoms with Crippen LogP contribution in [0, 0.1) is 6.92 Å². The van der Waals surface area contributed by atoms with Gasteiger partial charge < -0.3 is 14.8 Å². The molecule has 0 aliphatic carbocycles. The highest BCUT2D eigenvalue weighted by Gasteiger charge is 2.38. The fraction of sp³-hybridized carbons (Fsp3) is 0.391. The first-order valence-electron chi connectivity index (χ1n) is 10.5. The normalized spacial score (nSPS) is 16.7. The van der Waals surface area contributed by atoms with E-state index >= 15 is 4.39 Å². The average molecular weight is 464 g/mol. The van der Waals surface area contributed by atoms with Gasteiger partial charge in [0.15, 0.2) is 5.67 Å². The lowest BCUT2D eigenvalue weighted by Gasteiger charge is -2.36. The van der Waals surface area contributed by atoms with E-state index in [-0.39, 0.29) is 19.4 Å². The van der Waals surface area contributed by atoms with Crippen LogP contribution < -0.4 is 5.32 Å². The summed E-state index contributed by atoms with van der Waals surface area (Å²) in [7, 11) is 0. The van der Waals surface area contributed by atoms with E-state index in [0.29, 0.717) is 48.4 Å². The third-order valence-electron chi connectivity index (χ3n) is 5.83. The summed E-state index contributed by atoms with van der Waals surface area (Å²) in [5.74, 6) is 1.34. The first-order valence-corrected chi connectivity index (χ1v) is 10.5. The van der Waals surface area contributed by atoms with Gasteiger partial charge in [0.1, 0.15) is 23.9 Å². The van der Waals surface area contributed by atoms with Gasteiger partial charge in [0.25, 0.3) is 0 Å². The maximum atomic E-state index is 15.8. The average Bonchev–Trinajstić information content (AvgIpc) is 3.28. The maximum Gasteiger partial charge on any atom is 0.417 e. The lowest BCUT2D eigenvalue weighted by atomic mass is 9.87. The van der Waals surface area contributed by atoms with Gasteiger partial charge in [0.05, 0.1) is 17.9 Å². The van der Waals surface area contributed by atoms with E-state index in [1.807, 2.05) is 17.9 Å². The zero-order valence-corrected chi connectivity index (χ0v) is 18.0. The molecule has 6 nitrogen and oxygen atoms in total. The Labute approximate surface area is 188 Å². The number of piperidine rings is 1. The van der Waals surface area contributed by atoms with Crippen molar-refractivity contribution in [3.05, 3.63) is 65.3 Å². The van der Waals surface area contributed by atoms with Crippen molar-refractivity contribution in [3.8, 4) is 11.3 Å². The standard InChI is InChI=1S/C23H24F4N4O2/c1-15-10-16(19-4-3-18(13-32)33-19)11-29-21(15)22(24)6-8-31(9-7-22)14-30-20-5-2-17(12-28-20)23(25,26)27/h2-5,10-12,32H,6-9,13-14H2,1H3,(H,28,30). The molecule has 4 heterocycles. The Morgan fingerprint density at radius 1 is 1.12 bits per heavy atom. The van der Waals surface area contributed by atoms with Gasteiger partial charge in [-0.15, -0.1) is 0 Å². The largest absolute Gasteiger partial charge is 0.459 e. The second-order valence-electron chi connectivity index (χ2n) is 8.16. The highest BCUT2D eigenvalue weighted by atomic mass is 19.4. The highest BCUT2D eigenvalue weighted by Crippen LogP contribution is 2.38. The molecule has 0 saturated carbocycles. The summed E-state index contributed by atoms with van der Waals surface area (Å²) in [6.45, 7) is 2.90. The fourth-order valence-electron chi connectivity index (χ4n) is 3.96. The van der Waals surface area contributed by atoms with Gasteiger partial charge in [0.2, 0.25) is 0 Å². The van der Waals surface area contributed by atoms with E-state index in [1.54, 1.807) is 18.3 Å². The monoisotopic (exact) mass is 464 g/mol. The van der Waals surface area contributed by atoms with Gasteiger partial charge in [-0.25, -0.2) is 9.37 Å². The van der Waals surface area contributed by atoms with Crippen LogP contribution in [0.5, 0.6) is 0 Å². The van der Waals surface area contributed by atoms with Crippen LogP contribution in [0.25, 0.3) is 11.3 Å². The first-order chi connectivity index (χ1) is 15.7. The summed E-state index contributed by atoms with van der Waals surface area (Å²) in [5.41, 5.74) is -0.534. The molecule has 4 rings (SSSR count).